The summed E-state index contributed by atoms with van der Waals surface area (Å²) in [6.07, 6.45) is 7.64. The van der Waals surface area contributed by atoms with Gasteiger partial charge >= 0.3 is 0 Å². The Kier molecular flexibility index (Phi) is 2.35. The Morgan fingerprint density at radius 1 is 1.27 bits per heavy atom. The molecule has 2 rings (SSSR count). The molecular weight excluding hydrogens is 206 g/mol. The number of aromatic amines is 1. The number of hydrogen-bond donors (Lipinski definition) is 1. The van der Waals surface area contributed by atoms with Gasteiger partial charge < -0.3 is 4.98 Å². The Hall–Kier alpha value is -1.22. The van der Waals surface area contributed by atoms with Crippen LogP contribution in [0.5, 0.6) is 0 Å². The van der Waals surface area contributed by atoms with E-state index in [1.165, 1.54) is 10.3 Å². The van der Waals surface area contributed by atoms with Gasteiger partial charge in [0.25, 0.3) is 0 Å². The van der Waals surface area contributed by atoms with Crippen LogP contribution in [0.25, 0.3) is 10.9 Å². The van der Waals surface area contributed by atoms with Crippen molar-refractivity contribution in [1.82, 2.24) is 4.98 Å². The van der Waals surface area contributed by atoms with Crippen LogP contribution in [0.3, 0.4) is 0 Å². The third-order valence-corrected chi connectivity index (χ3v) is 4.11. The van der Waals surface area contributed by atoms with E-state index in [9.17, 15) is 4.79 Å². The summed E-state index contributed by atoms with van der Waals surface area (Å²) in [5.74, 6) is 0. The number of hydrogen-bond acceptors (Lipinski definition) is 1. The van der Waals surface area contributed by atoms with Gasteiger partial charge in [-0.2, -0.15) is 0 Å². The number of fused-ring (bicyclic) bond motifs is 1. The van der Waals surface area contributed by atoms with Crippen LogP contribution < -0.4 is 0 Å². The topological polar surface area (TPSA) is 32.9 Å². The Morgan fingerprint density at radius 2 is 2.00 bits per heavy atom. The molecule has 0 fully saturated rings. The molecule has 2 aromatic rings. The normalized spacial score (nSPS) is 13.0. The summed E-state index contributed by atoms with van der Waals surface area (Å²) < 4.78 is 0. The minimum absolute atomic E-state index is 0.654. The molecule has 0 amide bonds. The molecule has 1 N–H and O–H groups in total. The minimum atomic E-state index is -0.760. The van der Waals surface area contributed by atoms with E-state index in [4.69, 9.17) is 0 Å². The van der Waals surface area contributed by atoms with Crippen molar-refractivity contribution in [2.24, 2.45) is 0 Å². The lowest BCUT2D eigenvalue weighted by atomic mass is 10.2. The smallest absolute Gasteiger partial charge is 0.166 e. The van der Waals surface area contributed by atoms with Crippen molar-refractivity contribution >= 4 is 27.2 Å². The van der Waals surface area contributed by atoms with Crippen LogP contribution in [0.2, 0.25) is 0 Å². The van der Waals surface area contributed by atoms with E-state index in [1.54, 1.807) is 0 Å². The molecule has 0 aliphatic rings. The van der Waals surface area contributed by atoms with Crippen molar-refractivity contribution in [3.05, 3.63) is 30.0 Å². The predicted octanol–water partition coefficient (Wildman–Crippen LogP) is 3.03. The molecule has 80 valence electrons. The van der Waals surface area contributed by atoms with Crippen molar-refractivity contribution in [2.45, 2.75) is 4.90 Å². The summed E-state index contributed by atoms with van der Waals surface area (Å²) in [4.78, 5) is 15.2. The molecule has 15 heavy (non-hydrogen) atoms. The van der Waals surface area contributed by atoms with E-state index in [0.29, 0.717) is 5.69 Å². The molecule has 1 aromatic heterocycles. The summed E-state index contributed by atoms with van der Waals surface area (Å²) in [5.41, 5.74) is 1.71. The lowest BCUT2D eigenvalue weighted by molar-refractivity contribution is 0.112. The van der Waals surface area contributed by atoms with Gasteiger partial charge in [-0.1, -0.05) is 6.07 Å². The fraction of sp³-hybridized carbons (Fsp3) is 0.250. The maximum atomic E-state index is 10.7. The van der Waals surface area contributed by atoms with Gasteiger partial charge in [0.15, 0.2) is 6.29 Å². The summed E-state index contributed by atoms with van der Waals surface area (Å²) >= 11 is 0. The Bertz CT molecular complexity index is 508. The first-order chi connectivity index (χ1) is 7.02. The minimum Gasteiger partial charge on any atom is -0.352 e. The maximum absolute atomic E-state index is 10.7. The average Bonchev–Trinajstić information content (AvgIpc) is 2.57. The summed E-state index contributed by atoms with van der Waals surface area (Å²) in [5, 5.41) is 1.18. The first-order valence-corrected chi connectivity index (χ1v) is 7.63. The molecule has 1 aromatic carbocycles. The van der Waals surface area contributed by atoms with Gasteiger partial charge in [0, 0.05) is 10.9 Å². The molecule has 0 radical (unpaired) electrons. The average molecular weight is 221 g/mol. The molecule has 0 unspecified atom stereocenters. The zero-order valence-corrected chi connectivity index (χ0v) is 10.0. The summed E-state index contributed by atoms with van der Waals surface area (Å²) in [6.45, 7) is 0. The van der Waals surface area contributed by atoms with E-state index >= 15 is 0 Å². The molecule has 1 heterocycles. The van der Waals surface area contributed by atoms with Crippen LogP contribution in [-0.2, 0) is 0 Å². The highest BCUT2D eigenvalue weighted by atomic mass is 32.3. The monoisotopic (exact) mass is 221 g/mol. The predicted molar refractivity (Wildman–Crippen MR) is 67.3 cm³/mol. The fourth-order valence-electron chi connectivity index (χ4n) is 1.75. The van der Waals surface area contributed by atoms with Crippen molar-refractivity contribution in [2.75, 3.05) is 18.8 Å². The van der Waals surface area contributed by atoms with Crippen molar-refractivity contribution in [3.8, 4) is 0 Å². The zero-order chi connectivity index (χ0) is 11.1. The van der Waals surface area contributed by atoms with Gasteiger partial charge in [-0.15, -0.1) is 0 Å². The molecule has 0 aliphatic carbocycles. The number of H-pyrrole nitrogens is 1. The number of rotatable bonds is 2. The molecule has 0 spiro atoms. The van der Waals surface area contributed by atoms with E-state index in [2.05, 4.69) is 29.8 Å². The number of carbonyl (C=O) groups excluding carboxylic acids is 1. The molecule has 2 nitrogen and oxygen atoms in total. The summed E-state index contributed by atoms with van der Waals surface area (Å²) in [7, 11) is -0.760. The fourth-order valence-corrected chi connectivity index (χ4v) is 3.06. The molecule has 0 saturated heterocycles. The largest absolute Gasteiger partial charge is 0.352 e. The number of carbonyl (C=O) groups is 1. The standard InChI is InChI=1S/C12H15NOS/c1-15(2,3)12-6-4-5-11-10(12)7-9(8-14)13-11/h4-8,13H,1-3H3. The van der Waals surface area contributed by atoms with Gasteiger partial charge in [-0.3, -0.25) is 4.79 Å². The molecule has 0 aliphatic heterocycles. The van der Waals surface area contributed by atoms with E-state index in [-0.39, 0.29) is 0 Å². The van der Waals surface area contributed by atoms with Crippen LogP contribution in [0.4, 0.5) is 0 Å². The van der Waals surface area contributed by atoms with Crippen LogP contribution in [-0.4, -0.2) is 30.0 Å². The van der Waals surface area contributed by atoms with Gasteiger partial charge in [0.1, 0.15) is 0 Å². The van der Waals surface area contributed by atoms with E-state index in [1.807, 2.05) is 18.2 Å². The molecule has 0 saturated carbocycles. The highest BCUT2D eigenvalue weighted by molar-refractivity contribution is 8.32. The second-order valence-corrected chi connectivity index (χ2v) is 8.51. The van der Waals surface area contributed by atoms with Crippen molar-refractivity contribution < 1.29 is 4.79 Å². The second kappa shape index (κ2) is 3.42. The van der Waals surface area contributed by atoms with Crippen molar-refractivity contribution in [1.29, 1.82) is 0 Å². The quantitative estimate of drug-likeness (QED) is 0.777. The lowest BCUT2D eigenvalue weighted by Gasteiger charge is -2.26. The summed E-state index contributed by atoms with van der Waals surface area (Å²) in [6, 6.07) is 8.15. The highest BCUT2D eigenvalue weighted by Crippen LogP contribution is 2.48. The van der Waals surface area contributed by atoms with Gasteiger partial charge in [-0.05, 0) is 41.9 Å². The number of benzene rings is 1. The zero-order valence-electron chi connectivity index (χ0n) is 9.20. The molecule has 0 bridgehead atoms. The van der Waals surface area contributed by atoms with E-state index in [0.717, 1.165) is 11.8 Å². The first kappa shape index (κ1) is 10.3. The Balaban J connectivity index is 2.75. The van der Waals surface area contributed by atoms with Crippen molar-refractivity contribution in [3.63, 3.8) is 0 Å². The van der Waals surface area contributed by atoms with Gasteiger partial charge in [0.05, 0.1) is 5.69 Å². The first-order valence-electron chi connectivity index (χ1n) is 4.77. The Morgan fingerprint density at radius 3 is 2.60 bits per heavy atom. The second-order valence-electron chi connectivity index (χ2n) is 4.40. The van der Waals surface area contributed by atoms with Crippen LogP contribution in [0.1, 0.15) is 10.5 Å². The molecule has 3 heteroatoms. The lowest BCUT2D eigenvalue weighted by Crippen LogP contribution is -1.92. The maximum Gasteiger partial charge on any atom is 0.166 e. The SMILES string of the molecule is CS(C)(C)c1cccc2[nH]c(C=O)cc12. The van der Waals surface area contributed by atoms with Gasteiger partial charge in [-0.25, -0.2) is 10.0 Å². The van der Waals surface area contributed by atoms with Gasteiger partial charge in [0.2, 0.25) is 0 Å². The Labute approximate surface area is 91.0 Å². The number of nitrogens with one attached hydrogen (secondary N) is 1. The van der Waals surface area contributed by atoms with Crippen LogP contribution in [0, 0.1) is 0 Å². The van der Waals surface area contributed by atoms with Crippen LogP contribution >= 0.6 is 10.0 Å². The number of aromatic nitrogens is 1. The molecular formula is C12H15NOS. The van der Waals surface area contributed by atoms with E-state index < -0.39 is 10.0 Å². The number of aldehydes is 1. The third-order valence-electron chi connectivity index (χ3n) is 2.43. The van der Waals surface area contributed by atoms with Crippen LogP contribution in [0.15, 0.2) is 29.2 Å². The highest BCUT2D eigenvalue weighted by Gasteiger charge is 2.13. The third kappa shape index (κ3) is 1.79. The molecule has 0 atom stereocenters.